The highest BCUT2D eigenvalue weighted by Crippen LogP contribution is 2.20. The van der Waals surface area contributed by atoms with Gasteiger partial charge >= 0.3 is 0 Å². The Labute approximate surface area is 134 Å². The number of rotatable bonds is 5. The molecule has 2 aromatic carbocycles. The number of nitrogens with zero attached hydrogens (tertiary/aromatic N) is 3. The average Bonchev–Trinajstić information content (AvgIpc) is 2.97. The molecule has 0 unspecified atom stereocenters. The molecule has 0 saturated heterocycles. The normalized spacial score (nSPS) is 11.0. The van der Waals surface area contributed by atoms with Crippen LogP contribution in [0.1, 0.15) is 11.5 Å². The van der Waals surface area contributed by atoms with Crippen LogP contribution in [0.25, 0.3) is 11.5 Å². The van der Waals surface area contributed by atoms with Crippen molar-refractivity contribution in [1.29, 1.82) is 0 Å². The van der Waals surface area contributed by atoms with Crippen molar-refractivity contribution in [2.24, 2.45) is 0 Å². The van der Waals surface area contributed by atoms with Gasteiger partial charge in [0.1, 0.15) is 0 Å². The van der Waals surface area contributed by atoms with Crippen molar-refractivity contribution in [2.45, 2.75) is 13.1 Å². The zero-order valence-electron chi connectivity index (χ0n) is 12.2. The largest absolute Gasteiger partial charge is 0.419 e. The maximum atomic E-state index is 5.88. The van der Waals surface area contributed by atoms with Gasteiger partial charge in [-0.25, -0.2) is 0 Å². The number of hydrogen-bond acceptors (Lipinski definition) is 4. The van der Waals surface area contributed by atoms with Gasteiger partial charge in [0, 0.05) is 17.1 Å². The molecule has 5 heteroatoms. The Balaban J connectivity index is 1.65. The van der Waals surface area contributed by atoms with E-state index in [1.165, 1.54) is 5.56 Å². The fourth-order valence-corrected chi connectivity index (χ4v) is 2.33. The van der Waals surface area contributed by atoms with E-state index in [0.29, 0.717) is 23.3 Å². The third-order valence-corrected chi connectivity index (χ3v) is 3.51. The molecule has 0 spiro atoms. The lowest BCUT2D eigenvalue weighted by molar-refractivity contribution is 0.283. The molecule has 22 heavy (non-hydrogen) atoms. The lowest BCUT2D eigenvalue weighted by Gasteiger charge is -2.13. The van der Waals surface area contributed by atoms with Crippen LogP contribution in [0.5, 0.6) is 0 Å². The third-order valence-electron chi connectivity index (χ3n) is 3.26. The lowest BCUT2D eigenvalue weighted by atomic mass is 10.2. The summed E-state index contributed by atoms with van der Waals surface area (Å²) in [5.74, 6) is 1.11. The molecule has 3 aromatic rings. The second kappa shape index (κ2) is 6.73. The second-order valence-corrected chi connectivity index (χ2v) is 5.60. The summed E-state index contributed by atoms with van der Waals surface area (Å²) in [6.45, 7) is 1.44. The lowest BCUT2D eigenvalue weighted by Crippen LogP contribution is -2.17. The van der Waals surface area contributed by atoms with Crippen LogP contribution in [0.15, 0.2) is 59.0 Å². The van der Waals surface area contributed by atoms with Gasteiger partial charge in [-0.1, -0.05) is 41.9 Å². The van der Waals surface area contributed by atoms with E-state index >= 15 is 0 Å². The van der Waals surface area contributed by atoms with Crippen molar-refractivity contribution in [3.8, 4) is 11.5 Å². The standard InChI is InChI=1S/C17H16ClN3O/c1-21(11-13-5-3-2-4-6-13)12-16-19-20-17(22-16)14-7-9-15(18)10-8-14/h2-10H,11-12H2,1H3. The van der Waals surface area contributed by atoms with Crippen LogP contribution in [-0.2, 0) is 13.1 Å². The molecule has 0 atom stereocenters. The highest BCUT2D eigenvalue weighted by molar-refractivity contribution is 6.30. The predicted octanol–water partition coefficient (Wildman–Crippen LogP) is 4.02. The predicted molar refractivity (Wildman–Crippen MR) is 86.4 cm³/mol. The van der Waals surface area contributed by atoms with Gasteiger partial charge in [-0.05, 0) is 36.9 Å². The van der Waals surface area contributed by atoms with Crippen LogP contribution in [0.4, 0.5) is 0 Å². The Morgan fingerprint density at radius 3 is 2.41 bits per heavy atom. The summed E-state index contributed by atoms with van der Waals surface area (Å²) in [4.78, 5) is 2.13. The minimum absolute atomic E-state index is 0.514. The van der Waals surface area contributed by atoms with Gasteiger partial charge in [0.15, 0.2) is 0 Å². The molecule has 0 bridgehead atoms. The van der Waals surface area contributed by atoms with Gasteiger partial charge in [0.2, 0.25) is 11.8 Å². The molecule has 0 aliphatic rings. The molecule has 1 aromatic heterocycles. The number of halogens is 1. The molecule has 3 rings (SSSR count). The summed E-state index contributed by atoms with van der Waals surface area (Å²) >= 11 is 5.88. The van der Waals surface area contributed by atoms with E-state index < -0.39 is 0 Å². The molecule has 0 aliphatic carbocycles. The summed E-state index contributed by atoms with van der Waals surface area (Å²) in [5, 5.41) is 8.88. The molecule has 0 amide bonds. The molecule has 0 radical (unpaired) electrons. The highest BCUT2D eigenvalue weighted by atomic mass is 35.5. The first kappa shape index (κ1) is 14.8. The molecule has 0 fully saturated rings. The summed E-state index contributed by atoms with van der Waals surface area (Å²) in [6.07, 6.45) is 0. The monoisotopic (exact) mass is 313 g/mol. The van der Waals surface area contributed by atoms with Gasteiger partial charge < -0.3 is 4.42 Å². The van der Waals surface area contributed by atoms with Crippen molar-refractivity contribution < 1.29 is 4.42 Å². The Kier molecular flexibility index (Phi) is 4.51. The Morgan fingerprint density at radius 1 is 0.955 bits per heavy atom. The highest BCUT2D eigenvalue weighted by Gasteiger charge is 2.10. The topological polar surface area (TPSA) is 42.2 Å². The van der Waals surface area contributed by atoms with Gasteiger partial charge in [0.05, 0.1) is 6.54 Å². The van der Waals surface area contributed by atoms with Crippen LogP contribution >= 0.6 is 11.6 Å². The van der Waals surface area contributed by atoms with Gasteiger partial charge in [-0.3, -0.25) is 4.90 Å². The van der Waals surface area contributed by atoms with Crippen molar-refractivity contribution in [2.75, 3.05) is 7.05 Å². The van der Waals surface area contributed by atoms with E-state index in [2.05, 4.69) is 27.2 Å². The van der Waals surface area contributed by atoms with Crippen molar-refractivity contribution in [3.63, 3.8) is 0 Å². The summed E-state index contributed by atoms with van der Waals surface area (Å²) < 4.78 is 5.71. The first-order valence-corrected chi connectivity index (χ1v) is 7.39. The van der Waals surface area contributed by atoms with E-state index in [4.69, 9.17) is 16.0 Å². The summed E-state index contributed by atoms with van der Waals surface area (Å²) in [7, 11) is 2.03. The third kappa shape index (κ3) is 3.72. The van der Waals surface area contributed by atoms with E-state index in [-0.39, 0.29) is 0 Å². The van der Waals surface area contributed by atoms with Crippen LogP contribution in [0, 0.1) is 0 Å². The first-order chi connectivity index (χ1) is 10.7. The van der Waals surface area contributed by atoms with Crippen LogP contribution < -0.4 is 0 Å². The van der Waals surface area contributed by atoms with Gasteiger partial charge in [0.25, 0.3) is 0 Å². The van der Waals surface area contributed by atoms with E-state index in [1.807, 2.05) is 49.5 Å². The zero-order chi connectivity index (χ0) is 15.4. The summed E-state index contributed by atoms with van der Waals surface area (Å²) in [5.41, 5.74) is 2.12. The fourth-order valence-electron chi connectivity index (χ4n) is 2.21. The SMILES string of the molecule is CN(Cc1ccccc1)Cc1nnc(-c2ccc(Cl)cc2)o1. The van der Waals surface area contributed by atoms with E-state index in [1.54, 1.807) is 0 Å². The Bertz CT molecular complexity index is 725. The van der Waals surface area contributed by atoms with E-state index in [0.717, 1.165) is 12.1 Å². The average molecular weight is 314 g/mol. The van der Waals surface area contributed by atoms with Gasteiger partial charge in [-0.2, -0.15) is 0 Å². The fraction of sp³-hybridized carbons (Fsp3) is 0.176. The first-order valence-electron chi connectivity index (χ1n) is 7.01. The molecule has 112 valence electrons. The quantitative estimate of drug-likeness (QED) is 0.713. The van der Waals surface area contributed by atoms with Crippen LogP contribution in [0.2, 0.25) is 5.02 Å². The molecule has 0 saturated carbocycles. The number of benzene rings is 2. The smallest absolute Gasteiger partial charge is 0.247 e. The van der Waals surface area contributed by atoms with Crippen molar-refractivity contribution in [1.82, 2.24) is 15.1 Å². The zero-order valence-corrected chi connectivity index (χ0v) is 13.0. The maximum absolute atomic E-state index is 5.88. The molecule has 0 N–H and O–H groups in total. The Morgan fingerprint density at radius 2 is 1.68 bits per heavy atom. The van der Waals surface area contributed by atoms with Crippen LogP contribution in [-0.4, -0.2) is 22.1 Å². The molecule has 4 nitrogen and oxygen atoms in total. The van der Waals surface area contributed by atoms with Crippen molar-refractivity contribution >= 4 is 11.6 Å². The maximum Gasteiger partial charge on any atom is 0.247 e. The van der Waals surface area contributed by atoms with Crippen LogP contribution in [0.3, 0.4) is 0 Å². The molecule has 0 aliphatic heterocycles. The van der Waals surface area contributed by atoms with Crippen molar-refractivity contribution in [3.05, 3.63) is 71.1 Å². The molecular formula is C17H16ClN3O. The minimum Gasteiger partial charge on any atom is -0.419 e. The molecule has 1 heterocycles. The number of aromatic nitrogens is 2. The van der Waals surface area contributed by atoms with E-state index in [9.17, 15) is 0 Å². The number of hydrogen-bond donors (Lipinski definition) is 0. The minimum atomic E-state index is 0.514. The summed E-state index contributed by atoms with van der Waals surface area (Å²) in [6, 6.07) is 17.6. The molecular weight excluding hydrogens is 298 g/mol. The second-order valence-electron chi connectivity index (χ2n) is 5.17. The van der Waals surface area contributed by atoms with Gasteiger partial charge in [-0.15, -0.1) is 10.2 Å². The Hall–Kier alpha value is -2.17.